The van der Waals surface area contributed by atoms with Crippen molar-refractivity contribution in [3.8, 4) is 0 Å². The minimum absolute atomic E-state index is 0.0620. The van der Waals surface area contributed by atoms with Gasteiger partial charge in [-0.3, -0.25) is 0 Å². The molecule has 0 aliphatic carbocycles. The summed E-state index contributed by atoms with van der Waals surface area (Å²) >= 11 is 0. The van der Waals surface area contributed by atoms with E-state index in [1.54, 1.807) is 0 Å². The Morgan fingerprint density at radius 2 is 1.19 bits per heavy atom. The van der Waals surface area contributed by atoms with E-state index in [1.807, 2.05) is 36.4 Å². The van der Waals surface area contributed by atoms with Gasteiger partial charge in [0.15, 0.2) is 0 Å². The van der Waals surface area contributed by atoms with Crippen molar-refractivity contribution in [3.05, 3.63) is 108 Å². The maximum absolute atomic E-state index is 5.96. The summed E-state index contributed by atoms with van der Waals surface area (Å²) < 4.78 is 0. The van der Waals surface area contributed by atoms with Crippen LogP contribution in [0.3, 0.4) is 0 Å². The number of nitrogens with two attached hydrogens (primary N) is 1. The van der Waals surface area contributed by atoms with Gasteiger partial charge in [-0.2, -0.15) is 5.11 Å². The highest BCUT2D eigenvalue weighted by molar-refractivity contribution is 5.86. The Kier molecular flexibility index (Phi) is 4.55. The van der Waals surface area contributed by atoms with E-state index in [0.29, 0.717) is 11.4 Å². The SMILES string of the molecule is CC1(C)c2ccccc2N(c2ccc(N=Nc3ccccc3N)cc2)c2ccccc21. The van der Waals surface area contributed by atoms with Crippen LogP contribution in [0, 0.1) is 0 Å². The van der Waals surface area contributed by atoms with Gasteiger partial charge in [-0.1, -0.05) is 62.4 Å². The van der Waals surface area contributed by atoms with E-state index < -0.39 is 0 Å². The van der Waals surface area contributed by atoms with Crippen LogP contribution in [0.1, 0.15) is 25.0 Å². The van der Waals surface area contributed by atoms with Gasteiger partial charge in [-0.25, -0.2) is 0 Å². The second-order valence-electron chi connectivity index (χ2n) is 8.27. The quantitative estimate of drug-likeness (QED) is 0.280. The van der Waals surface area contributed by atoms with Crippen molar-refractivity contribution in [2.75, 3.05) is 10.6 Å². The summed E-state index contributed by atoms with van der Waals surface area (Å²) in [5.41, 5.74) is 14.1. The molecule has 4 nitrogen and oxygen atoms in total. The van der Waals surface area contributed by atoms with Gasteiger partial charge in [-0.15, -0.1) is 5.11 Å². The zero-order valence-electron chi connectivity index (χ0n) is 17.7. The Morgan fingerprint density at radius 1 is 0.645 bits per heavy atom. The molecule has 4 heteroatoms. The van der Waals surface area contributed by atoms with E-state index in [1.165, 1.54) is 22.5 Å². The molecule has 31 heavy (non-hydrogen) atoms. The van der Waals surface area contributed by atoms with Gasteiger partial charge in [0.2, 0.25) is 0 Å². The molecular formula is C27H24N4. The first-order valence-electron chi connectivity index (χ1n) is 10.4. The average Bonchev–Trinajstić information content (AvgIpc) is 2.80. The van der Waals surface area contributed by atoms with Crippen molar-refractivity contribution in [2.24, 2.45) is 10.2 Å². The van der Waals surface area contributed by atoms with E-state index in [-0.39, 0.29) is 5.41 Å². The predicted molar refractivity (Wildman–Crippen MR) is 128 cm³/mol. The van der Waals surface area contributed by atoms with Crippen LogP contribution in [0.4, 0.5) is 34.1 Å². The Morgan fingerprint density at radius 3 is 1.81 bits per heavy atom. The van der Waals surface area contributed by atoms with Crippen LogP contribution in [-0.4, -0.2) is 0 Å². The van der Waals surface area contributed by atoms with Crippen LogP contribution in [0.15, 0.2) is 107 Å². The zero-order valence-corrected chi connectivity index (χ0v) is 17.7. The lowest BCUT2D eigenvalue weighted by Crippen LogP contribution is -2.30. The van der Waals surface area contributed by atoms with Crippen molar-refractivity contribution in [3.63, 3.8) is 0 Å². The first-order valence-corrected chi connectivity index (χ1v) is 10.4. The molecule has 5 rings (SSSR count). The number of fused-ring (bicyclic) bond motifs is 2. The van der Waals surface area contributed by atoms with Crippen molar-refractivity contribution in [1.82, 2.24) is 0 Å². The van der Waals surface area contributed by atoms with Crippen LogP contribution < -0.4 is 10.6 Å². The summed E-state index contributed by atoms with van der Waals surface area (Å²) in [5, 5.41) is 8.66. The lowest BCUT2D eigenvalue weighted by Gasteiger charge is -2.42. The van der Waals surface area contributed by atoms with Gasteiger partial charge in [-0.05, 0) is 59.7 Å². The number of nitrogens with zero attached hydrogens (tertiary/aromatic N) is 3. The average molecular weight is 405 g/mol. The van der Waals surface area contributed by atoms with E-state index in [0.717, 1.165) is 11.4 Å². The predicted octanol–water partition coefficient (Wildman–Crippen LogP) is 7.79. The van der Waals surface area contributed by atoms with Crippen LogP contribution in [0.25, 0.3) is 0 Å². The molecule has 2 N–H and O–H groups in total. The fraction of sp³-hybridized carbons (Fsp3) is 0.111. The number of hydrogen-bond donors (Lipinski definition) is 1. The number of para-hydroxylation sites is 3. The standard InChI is InChI=1S/C27H24N4/c1-27(2)21-9-3-7-13-25(21)31(26-14-8-4-10-22(26)27)20-17-15-19(16-18-20)29-30-24-12-6-5-11-23(24)28/h3-18H,28H2,1-2H3. The molecule has 0 saturated heterocycles. The molecule has 0 radical (unpaired) electrons. The molecule has 152 valence electrons. The normalized spacial score (nSPS) is 14.3. The monoisotopic (exact) mass is 404 g/mol. The van der Waals surface area contributed by atoms with E-state index in [9.17, 15) is 0 Å². The summed E-state index contributed by atoms with van der Waals surface area (Å²) in [6.45, 7) is 4.58. The molecule has 0 aromatic heterocycles. The first kappa shape index (κ1) is 19.1. The minimum atomic E-state index is -0.0620. The molecule has 0 amide bonds. The number of nitrogen functional groups attached to an aromatic ring is 1. The van der Waals surface area contributed by atoms with Gasteiger partial charge in [0, 0.05) is 11.1 Å². The van der Waals surface area contributed by atoms with Crippen molar-refractivity contribution in [1.29, 1.82) is 0 Å². The number of benzene rings is 4. The lowest BCUT2D eigenvalue weighted by molar-refractivity contribution is 0.632. The van der Waals surface area contributed by atoms with Gasteiger partial charge in [0.25, 0.3) is 0 Å². The maximum atomic E-state index is 5.96. The molecule has 0 spiro atoms. The second kappa shape index (κ2) is 7.40. The molecule has 1 aliphatic heterocycles. The second-order valence-corrected chi connectivity index (χ2v) is 8.27. The van der Waals surface area contributed by atoms with E-state index in [4.69, 9.17) is 5.73 Å². The Hall–Kier alpha value is -3.92. The third-order valence-corrected chi connectivity index (χ3v) is 5.95. The van der Waals surface area contributed by atoms with E-state index in [2.05, 4.69) is 89.6 Å². The van der Waals surface area contributed by atoms with Crippen LogP contribution in [0.5, 0.6) is 0 Å². The molecule has 0 saturated carbocycles. The molecule has 0 unspecified atom stereocenters. The summed E-state index contributed by atoms with van der Waals surface area (Å²) in [5.74, 6) is 0. The molecule has 0 fully saturated rings. The fourth-order valence-electron chi connectivity index (χ4n) is 4.31. The third kappa shape index (κ3) is 3.26. The molecule has 4 aromatic carbocycles. The molecular weight excluding hydrogens is 380 g/mol. The Bertz CT molecular complexity index is 1220. The zero-order chi connectivity index (χ0) is 21.4. The number of rotatable bonds is 3. The largest absolute Gasteiger partial charge is 0.397 e. The number of hydrogen-bond acceptors (Lipinski definition) is 4. The van der Waals surface area contributed by atoms with Crippen LogP contribution in [-0.2, 0) is 5.41 Å². The fourth-order valence-corrected chi connectivity index (χ4v) is 4.31. The Labute approximate surface area is 182 Å². The Balaban J connectivity index is 1.55. The first-order chi connectivity index (χ1) is 15.1. The molecule has 4 aromatic rings. The maximum Gasteiger partial charge on any atom is 0.109 e. The summed E-state index contributed by atoms with van der Waals surface area (Å²) in [4.78, 5) is 2.33. The highest BCUT2D eigenvalue weighted by Gasteiger charge is 2.36. The summed E-state index contributed by atoms with van der Waals surface area (Å²) in [7, 11) is 0. The third-order valence-electron chi connectivity index (χ3n) is 5.95. The number of azo groups is 1. The summed E-state index contributed by atoms with van der Waals surface area (Å²) in [6, 6.07) is 32.9. The topological polar surface area (TPSA) is 54.0 Å². The van der Waals surface area contributed by atoms with Crippen LogP contribution in [0.2, 0.25) is 0 Å². The molecule has 0 bridgehead atoms. The van der Waals surface area contributed by atoms with Crippen LogP contribution >= 0.6 is 0 Å². The smallest absolute Gasteiger partial charge is 0.109 e. The summed E-state index contributed by atoms with van der Waals surface area (Å²) in [6.07, 6.45) is 0. The van der Waals surface area contributed by atoms with Crippen molar-refractivity contribution in [2.45, 2.75) is 19.3 Å². The van der Waals surface area contributed by atoms with Gasteiger partial charge in [0.1, 0.15) is 5.69 Å². The molecule has 1 aliphatic rings. The van der Waals surface area contributed by atoms with Gasteiger partial charge < -0.3 is 10.6 Å². The molecule has 1 heterocycles. The highest BCUT2D eigenvalue weighted by atomic mass is 15.2. The van der Waals surface area contributed by atoms with Crippen molar-refractivity contribution >= 4 is 34.1 Å². The van der Waals surface area contributed by atoms with E-state index >= 15 is 0 Å². The highest BCUT2D eigenvalue weighted by Crippen LogP contribution is 2.51. The number of anilines is 4. The lowest BCUT2D eigenvalue weighted by atomic mass is 9.73. The van der Waals surface area contributed by atoms with Gasteiger partial charge >= 0.3 is 0 Å². The van der Waals surface area contributed by atoms with Gasteiger partial charge in [0.05, 0.1) is 22.7 Å². The molecule has 0 atom stereocenters. The minimum Gasteiger partial charge on any atom is -0.397 e. The van der Waals surface area contributed by atoms with Crippen molar-refractivity contribution < 1.29 is 0 Å².